The number of carbonyl (C=O) groups is 1. The van der Waals surface area contributed by atoms with E-state index in [-0.39, 0.29) is 17.6 Å². The molecular weight excluding hydrogens is 333 g/mol. The number of amides is 1. The Hall–Kier alpha value is -2.28. The van der Waals surface area contributed by atoms with Crippen LogP contribution >= 0.6 is 0 Å². The maximum absolute atomic E-state index is 13.5. The molecule has 2 heterocycles. The molecule has 0 saturated carbocycles. The summed E-state index contributed by atoms with van der Waals surface area (Å²) >= 11 is 0. The lowest BCUT2D eigenvalue weighted by atomic mass is 9.96. The summed E-state index contributed by atoms with van der Waals surface area (Å²) in [5.74, 6) is -0.196. The van der Waals surface area contributed by atoms with Crippen LogP contribution in [0.15, 0.2) is 24.4 Å². The van der Waals surface area contributed by atoms with Gasteiger partial charge in [0.05, 0.1) is 11.7 Å². The van der Waals surface area contributed by atoms with Crippen molar-refractivity contribution in [2.24, 2.45) is 11.7 Å². The zero-order chi connectivity index (χ0) is 18.9. The fourth-order valence-electron chi connectivity index (χ4n) is 3.34. The van der Waals surface area contributed by atoms with Crippen molar-refractivity contribution in [2.75, 3.05) is 13.1 Å². The first kappa shape index (κ1) is 18.5. The third kappa shape index (κ3) is 4.09. The zero-order valence-corrected chi connectivity index (χ0v) is 15.6. The van der Waals surface area contributed by atoms with Crippen LogP contribution in [-0.2, 0) is 12.1 Å². The molecule has 0 aliphatic carbocycles. The third-order valence-electron chi connectivity index (χ3n) is 4.88. The van der Waals surface area contributed by atoms with Gasteiger partial charge >= 0.3 is 0 Å². The van der Waals surface area contributed by atoms with E-state index in [1.807, 2.05) is 31.9 Å². The number of likely N-dealkylation sites (tertiary alicyclic amines) is 1. The van der Waals surface area contributed by atoms with E-state index in [4.69, 9.17) is 5.73 Å². The average molecular weight is 359 g/mol. The quantitative estimate of drug-likeness (QED) is 0.910. The average Bonchev–Trinajstić information content (AvgIpc) is 3.05. The molecule has 1 aromatic heterocycles. The summed E-state index contributed by atoms with van der Waals surface area (Å²) in [6, 6.07) is 4.36. The number of nitrogens with two attached hydrogens (primary N) is 1. The Kier molecular flexibility index (Phi) is 5.09. The number of hydrogen-bond acceptors (Lipinski definition) is 4. The number of carbonyl (C=O) groups excluding carboxylic acids is 1. The van der Waals surface area contributed by atoms with Gasteiger partial charge < -0.3 is 10.6 Å². The van der Waals surface area contributed by atoms with Gasteiger partial charge in [0.15, 0.2) is 0 Å². The Bertz CT molecular complexity index is 795. The molecule has 6 nitrogen and oxygen atoms in total. The van der Waals surface area contributed by atoms with E-state index in [0.717, 1.165) is 24.1 Å². The summed E-state index contributed by atoms with van der Waals surface area (Å²) in [7, 11) is 0. The summed E-state index contributed by atoms with van der Waals surface area (Å²) in [5, 5.41) is 8.31. The van der Waals surface area contributed by atoms with Gasteiger partial charge in [0, 0.05) is 25.2 Å². The molecule has 2 N–H and O–H groups in total. The highest BCUT2D eigenvalue weighted by Crippen LogP contribution is 2.22. The van der Waals surface area contributed by atoms with E-state index in [9.17, 15) is 9.18 Å². The van der Waals surface area contributed by atoms with E-state index >= 15 is 0 Å². The molecule has 0 spiro atoms. The maximum Gasteiger partial charge on any atom is 0.254 e. The van der Waals surface area contributed by atoms with Crippen LogP contribution in [0, 0.1) is 18.7 Å². The minimum absolute atomic E-state index is 0.103. The summed E-state index contributed by atoms with van der Waals surface area (Å²) in [6.07, 6.45) is 3.82. The smallest absolute Gasteiger partial charge is 0.254 e. The fourth-order valence-corrected chi connectivity index (χ4v) is 3.34. The van der Waals surface area contributed by atoms with Gasteiger partial charge in [0.1, 0.15) is 11.5 Å². The molecule has 0 radical (unpaired) electrons. The highest BCUT2D eigenvalue weighted by Gasteiger charge is 2.27. The SMILES string of the molecule is Cc1ccc(F)cc1C(=O)N1CCC[C@@H](Cn2cc(C(C)(C)N)nn2)C1. The number of hydrogen-bond donors (Lipinski definition) is 1. The first-order chi connectivity index (χ1) is 12.2. The number of nitrogens with zero attached hydrogens (tertiary/aromatic N) is 4. The lowest BCUT2D eigenvalue weighted by molar-refractivity contribution is 0.0658. The number of aromatic nitrogens is 3. The fraction of sp³-hybridized carbons (Fsp3) is 0.526. The van der Waals surface area contributed by atoms with Gasteiger partial charge in [0.2, 0.25) is 0 Å². The Balaban J connectivity index is 1.68. The highest BCUT2D eigenvalue weighted by molar-refractivity contribution is 5.95. The normalized spacial score (nSPS) is 18.2. The minimum Gasteiger partial charge on any atom is -0.338 e. The van der Waals surface area contributed by atoms with Crippen molar-refractivity contribution in [2.45, 2.75) is 45.7 Å². The van der Waals surface area contributed by atoms with Crippen molar-refractivity contribution >= 4 is 5.91 Å². The molecule has 1 aromatic carbocycles. The predicted octanol–water partition coefficient (Wildman–Crippen LogP) is 2.47. The highest BCUT2D eigenvalue weighted by atomic mass is 19.1. The van der Waals surface area contributed by atoms with Crippen molar-refractivity contribution in [3.05, 3.63) is 47.0 Å². The van der Waals surface area contributed by atoms with Crippen LogP contribution in [0.4, 0.5) is 4.39 Å². The lowest BCUT2D eigenvalue weighted by Gasteiger charge is -2.33. The molecule has 1 amide bonds. The number of rotatable bonds is 4. The van der Waals surface area contributed by atoms with Crippen LogP contribution in [-0.4, -0.2) is 38.9 Å². The Morgan fingerprint density at radius 1 is 1.42 bits per heavy atom. The largest absolute Gasteiger partial charge is 0.338 e. The molecule has 1 aliphatic heterocycles. The van der Waals surface area contributed by atoms with E-state index in [2.05, 4.69) is 10.3 Å². The van der Waals surface area contributed by atoms with Crippen molar-refractivity contribution in [3.63, 3.8) is 0 Å². The second-order valence-corrected chi connectivity index (χ2v) is 7.77. The van der Waals surface area contributed by atoms with Gasteiger partial charge in [-0.25, -0.2) is 4.39 Å². The van der Waals surface area contributed by atoms with Crippen molar-refractivity contribution in [1.29, 1.82) is 0 Å². The van der Waals surface area contributed by atoms with Crippen LogP contribution in [0.5, 0.6) is 0 Å². The number of benzene rings is 1. The zero-order valence-electron chi connectivity index (χ0n) is 15.6. The summed E-state index contributed by atoms with van der Waals surface area (Å²) in [4.78, 5) is 14.6. The predicted molar refractivity (Wildman–Crippen MR) is 97.0 cm³/mol. The molecule has 0 bridgehead atoms. The molecule has 1 fully saturated rings. The van der Waals surface area contributed by atoms with Crippen LogP contribution in [0.25, 0.3) is 0 Å². The maximum atomic E-state index is 13.5. The first-order valence-electron chi connectivity index (χ1n) is 8.99. The van der Waals surface area contributed by atoms with E-state index in [1.54, 1.807) is 10.7 Å². The number of aryl methyl sites for hydroxylation is 1. The van der Waals surface area contributed by atoms with E-state index in [0.29, 0.717) is 25.2 Å². The summed E-state index contributed by atoms with van der Waals surface area (Å²) in [6.45, 7) is 7.64. The molecule has 1 aliphatic rings. The van der Waals surface area contributed by atoms with Crippen LogP contribution < -0.4 is 5.73 Å². The Labute approximate surface area is 153 Å². The number of halogens is 1. The van der Waals surface area contributed by atoms with Crippen LogP contribution in [0.2, 0.25) is 0 Å². The molecule has 140 valence electrons. The van der Waals surface area contributed by atoms with Crippen LogP contribution in [0.3, 0.4) is 0 Å². The van der Waals surface area contributed by atoms with Crippen molar-refractivity contribution < 1.29 is 9.18 Å². The van der Waals surface area contributed by atoms with Crippen molar-refractivity contribution in [1.82, 2.24) is 19.9 Å². The molecule has 26 heavy (non-hydrogen) atoms. The molecule has 1 atom stereocenters. The van der Waals surface area contributed by atoms with E-state index in [1.165, 1.54) is 12.1 Å². The third-order valence-corrected chi connectivity index (χ3v) is 4.88. The second kappa shape index (κ2) is 7.15. The number of piperidine rings is 1. The van der Waals surface area contributed by atoms with Crippen molar-refractivity contribution in [3.8, 4) is 0 Å². The Morgan fingerprint density at radius 2 is 2.19 bits per heavy atom. The van der Waals surface area contributed by atoms with Gasteiger partial charge in [-0.15, -0.1) is 5.10 Å². The molecule has 1 saturated heterocycles. The topological polar surface area (TPSA) is 77.0 Å². The van der Waals surface area contributed by atoms with Gasteiger partial charge in [0.25, 0.3) is 5.91 Å². The van der Waals surface area contributed by atoms with Gasteiger partial charge in [-0.2, -0.15) is 0 Å². The minimum atomic E-state index is -0.526. The van der Waals surface area contributed by atoms with Gasteiger partial charge in [-0.05, 0) is 57.2 Å². The standard InChI is InChI=1S/C19H26FN5O/c1-13-6-7-15(20)9-16(13)18(26)24-8-4-5-14(10-24)11-25-12-17(22-23-25)19(2,3)21/h6-7,9,12,14H,4-5,8,10-11,21H2,1-3H3/t14-/m1/s1. The van der Waals surface area contributed by atoms with Crippen LogP contribution in [0.1, 0.15) is 48.3 Å². The van der Waals surface area contributed by atoms with Gasteiger partial charge in [-0.3, -0.25) is 9.48 Å². The summed E-state index contributed by atoms with van der Waals surface area (Å²) in [5.41, 5.74) is 7.52. The molecule has 2 aromatic rings. The Morgan fingerprint density at radius 3 is 2.88 bits per heavy atom. The van der Waals surface area contributed by atoms with Gasteiger partial charge in [-0.1, -0.05) is 11.3 Å². The molecule has 7 heteroatoms. The van der Waals surface area contributed by atoms with E-state index < -0.39 is 5.54 Å². The molecular formula is C19H26FN5O. The molecule has 0 unspecified atom stereocenters. The first-order valence-corrected chi connectivity index (χ1v) is 8.99. The second-order valence-electron chi connectivity index (χ2n) is 7.77. The molecule has 3 rings (SSSR count). The monoisotopic (exact) mass is 359 g/mol. The lowest BCUT2D eigenvalue weighted by Crippen LogP contribution is -2.41. The summed E-state index contributed by atoms with van der Waals surface area (Å²) < 4.78 is 15.3.